The van der Waals surface area contributed by atoms with Gasteiger partial charge in [0.15, 0.2) is 0 Å². The van der Waals surface area contributed by atoms with Crippen molar-refractivity contribution in [3.05, 3.63) is 0 Å². The fourth-order valence-electron chi connectivity index (χ4n) is 6.35. The topological polar surface area (TPSA) is 89.9 Å². The van der Waals surface area contributed by atoms with Gasteiger partial charge in [-0.05, 0) is 37.5 Å². The summed E-state index contributed by atoms with van der Waals surface area (Å²) in [5.41, 5.74) is -0.754. The second-order valence-electron chi connectivity index (χ2n) is 13.9. The molecule has 0 aromatic carbocycles. The van der Waals surface area contributed by atoms with Crippen LogP contribution in [0.15, 0.2) is 0 Å². The predicted octanol–water partition coefficient (Wildman–Crippen LogP) is 11.1. The van der Waals surface area contributed by atoms with E-state index < -0.39 is 17.3 Å². The van der Waals surface area contributed by atoms with Crippen molar-refractivity contribution in [2.45, 2.75) is 189 Å². The van der Waals surface area contributed by atoms with Gasteiger partial charge in [-0.25, -0.2) is 0 Å². The second-order valence-corrected chi connectivity index (χ2v) is 13.9. The van der Waals surface area contributed by atoms with Crippen molar-refractivity contribution in [3.63, 3.8) is 0 Å². The Bertz CT molecular complexity index is 682. The first-order valence-electron chi connectivity index (χ1n) is 18.7. The summed E-state index contributed by atoms with van der Waals surface area (Å²) in [6.07, 6.45) is 22.4. The Labute approximate surface area is 272 Å². The Morgan fingerprint density at radius 3 is 1.34 bits per heavy atom. The van der Waals surface area contributed by atoms with Gasteiger partial charge in [0.05, 0.1) is 19.1 Å². The van der Waals surface area contributed by atoms with Gasteiger partial charge in [0, 0.05) is 18.3 Å². The van der Waals surface area contributed by atoms with Crippen molar-refractivity contribution in [2.75, 3.05) is 13.2 Å². The van der Waals surface area contributed by atoms with E-state index in [1.54, 1.807) is 0 Å². The largest absolute Gasteiger partial charge is 0.481 e. The lowest BCUT2D eigenvalue weighted by Crippen LogP contribution is -2.36. The van der Waals surface area contributed by atoms with Crippen LogP contribution < -0.4 is 0 Å². The number of rotatable bonds is 31. The number of aliphatic carboxylic acids is 1. The van der Waals surface area contributed by atoms with Crippen LogP contribution in [0.2, 0.25) is 0 Å². The monoisotopic (exact) mass is 625 g/mol. The Balaban J connectivity index is 5.68. The summed E-state index contributed by atoms with van der Waals surface area (Å²) in [4.78, 5) is 38.0. The zero-order valence-electron chi connectivity index (χ0n) is 29.9. The molecule has 260 valence electrons. The lowest BCUT2D eigenvalue weighted by atomic mass is 9.73. The Hall–Kier alpha value is -1.59. The molecule has 0 saturated carbocycles. The molecule has 0 aromatic rings. The molecule has 0 aliphatic heterocycles. The maximum absolute atomic E-state index is 12.8. The van der Waals surface area contributed by atoms with E-state index in [2.05, 4.69) is 34.6 Å². The minimum atomic E-state index is -0.799. The van der Waals surface area contributed by atoms with Crippen LogP contribution in [0, 0.1) is 23.2 Å². The zero-order valence-corrected chi connectivity index (χ0v) is 29.9. The van der Waals surface area contributed by atoms with E-state index in [-0.39, 0.29) is 25.2 Å². The Morgan fingerprint density at radius 1 is 0.568 bits per heavy atom. The number of carboxylic acids is 1. The number of hydrogen-bond donors (Lipinski definition) is 1. The van der Waals surface area contributed by atoms with Crippen LogP contribution in [-0.4, -0.2) is 36.2 Å². The van der Waals surface area contributed by atoms with Crippen LogP contribution in [0.5, 0.6) is 0 Å². The van der Waals surface area contributed by atoms with Gasteiger partial charge in [-0.2, -0.15) is 0 Å². The third kappa shape index (κ3) is 22.0. The van der Waals surface area contributed by atoms with Crippen molar-refractivity contribution >= 4 is 17.9 Å². The molecule has 0 aromatic heterocycles. The number of esters is 2. The van der Waals surface area contributed by atoms with Gasteiger partial charge in [0.2, 0.25) is 0 Å². The van der Waals surface area contributed by atoms with Crippen molar-refractivity contribution in [1.29, 1.82) is 0 Å². The Kier molecular flexibility index (Phi) is 26.7. The van der Waals surface area contributed by atoms with Crippen LogP contribution in [0.1, 0.15) is 189 Å². The van der Waals surface area contributed by atoms with Crippen LogP contribution >= 0.6 is 0 Å². The lowest BCUT2D eigenvalue weighted by Gasteiger charge is -2.34. The molecule has 0 fully saturated rings. The van der Waals surface area contributed by atoms with E-state index >= 15 is 0 Å². The van der Waals surface area contributed by atoms with Gasteiger partial charge in [0.25, 0.3) is 0 Å². The van der Waals surface area contributed by atoms with Crippen LogP contribution in [-0.2, 0) is 23.9 Å². The van der Waals surface area contributed by atoms with E-state index in [9.17, 15) is 19.5 Å². The lowest BCUT2D eigenvalue weighted by molar-refractivity contribution is -0.155. The Morgan fingerprint density at radius 2 is 0.955 bits per heavy atom. The summed E-state index contributed by atoms with van der Waals surface area (Å²) in [5.74, 6) is -0.982. The number of ether oxygens (including phenoxy) is 2. The number of unbranched alkanes of at least 4 members (excludes halogenated alkanes) is 11. The molecule has 2 unspecified atom stereocenters. The van der Waals surface area contributed by atoms with Gasteiger partial charge < -0.3 is 14.6 Å². The molecule has 44 heavy (non-hydrogen) atoms. The molecule has 6 heteroatoms. The molecule has 6 nitrogen and oxygen atoms in total. The van der Waals surface area contributed by atoms with E-state index in [4.69, 9.17) is 9.47 Å². The molecule has 0 heterocycles. The zero-order chi connectivity index (χ0) is 33.1. The summed E-state index contributed by atoms with van der Waals surface area (Å²) in [6.45, 7) is 13.1. The highest BCUT2D eigenvalue weighted by molar-refractivity contribution is 5.71. The standard InChI is InChI=1S/C38H72O6/c1-7-12-17-19-21-26-35(39)43-30-38(6,31-44-36(40)27-22-20-18-13-8-2)29-34(37(41)42)28-33(25-16-11-5)32(23-14-9-3)24-15-10-4/h32-34H,7-31H2,1-6H3,(H,41,42). The van der Waals surface area contributed by atoms with Crippen molar-refractivity contribution < 1.29 is 29.0 Å². The first kappa shape index (κ1) is 42.4. The fraction of sp³-hybridized carbons (Fsp3) is 0.921. The summed E-state index contributed by atoms with van der Waals surface area (Å²) in [5, 5.41) is 10.5. The molecule has 0 aliphatic carbocycles. The van der Waals surface area contributed by atoms with E-state index in [0.29, 0.717) is 37.5 Å². The minimum Gasteiger partial charge on any atom is -0.481 e. The smallest absolute Gasteiger partial charge is 0.306 e. The number of carboxylic acid groups (broad SMARTS) is 1. The summed E-state index contributed by atoms with van der Waals surface area (Å²) >= 11 is 0. The highest BCUT2D eigenvalue weighted by Crippen LogP contribution is 2.38. The minimum absolute atomic E-state index is 0.0725. The molecule has 0 saturated heterocycles. The molecule has 1 N–H and O–H groups in total. The third-order valence-corrected chi connectivity index (χ3v) is 9.26. The van der Waals surface area contributed by atoms with Crippen LogP contribution in [0.25, 0.3) is 0 Å². The third-order valence-electron chi connectivity index (χ3n) is 9.26. The van der Waals surface area contributed by atoms with Crippen molar-refractivity contribution in [3.8, 4) is 0 Å². The van der Waals surface area contributed by atoms with Crippen LogP contribution in [0.3, 0.4) is 0 Å². The summed E-state index contributed by atoms with van der Waals surface area (Å²) in [7, 11) is 0. The summed E-state index contributed by atoms with van der Waals surface area (Å²) < 4.78 is 11.5. The van der Waals surface area contributed by atoms with Gasteiger partial charge in [-0.3, -0.25) is 14.4 Å². The van der Waals surface area contributed by atoms with Gasteiger partial charge in [0.1, 0.15) is 0 Å². The maximum atomic E-state index is 12.8. The quantitative estimate of drug-likeness (QED) is 0.0609. The van der Waals surface area contributed by atoms with Crippen molar-refractivity contribution in [2.24, 2.45) is 23.2 Å². The number of carbonyl (C=O) groups is 3. The van der Waals surface area contributed by atoms with Gasteiger partial charge in [-0.15, -0.1) is 0 Å². The highest BCUT2D eigenvalue weighted by Gasteiger charge is 2.37. The molecule has 0 bridgehead atoms. The average Bonchev–Trinajstić information content (AvgIpc) is 3.00. The van der Waals surface area contributed by atoms with Crippen LogP contribution in [0.4, 0.5) is 0 Å². The predicted molar refractivity (Wildman–Crippen MR) is 183 cm³/mol. The normalized spacial score (nSPS) is 13.2. The van der Waals surface area contributed by atoms with E-state index in [0.717, 1.165) is 96.3 Å². The number of hydrogen-bond acceptors (Lipinski definition) is 5. The fourth-order valence-corrected chi connectivity index (χ4v) is 6.35. The molecule has 0 aliphatic rings. The SMILES string of the molecule is CCCCCCCC(=O)OCC(C)(COC(=O)CCCCCCC)CC(CC(CCCC)C(CCCC)CCCC)C(=O)O. The first-order chi connectivity index (χ1) is 21.2. The van der Waals surface area contributed by atoms with E-state index in [1.807, 2.05) is 6.92 Å². The van der Waals surface area contributed by atoms with E-state index in [1.165, 1.54) is 25.7 Å². The molecule has 0 amide bonds. The molecule has 0 spiro atoms. The second kappa shape index (κ2) is 27.7. The molecule has 0 radical (unpaired) electrons. The molecule has 0 rings (SSSR count). The average molecular weight is 625 g/mol. The number of carbonyl (C=O) groups excluding carboxylic acids is 2. The van der Waals surface area contributed by atoms with Crippen molar-refractivity contribution in [1.82, 2.24) is 0 Å². The van der Waals surface area contributed by atoms with Gasteiger partial charge in [-0.1, -0.05) is 151 Å². The summed E-state index contributed by atoms with van der Waals surface area (Å²) in [6, 6.07) is 0. The molecular formula is C38H72O6. The maximum Gasteiger partial charge on any atom is 0.306 e. The highest BCUT2D eigenvalue weighted by atomic mass is 16.5. The van der Waals surface area contributed by atoms with Gasteiger partial charge >= 0.3 is 17.9 Å². The molecular weight excluding hydrogens is 552 g/mol. The first-order valence-corrected chi connectivity index (χ1v) is 18.7. The molecule has 2 atom stereocenters.